The van der Waals surface area contributed by atoms with Gasteiger partial charge >= 0.3 is 0 Å². The molecule has 28 heavy (non-hydrogen) atoms. The van der Waals surface area contributed by atoms with Gasteiger partial charge in [-0.3, -0.25) is 24.4 Å². The summed E-state index contributed by atoms with van der Waals surface area (Å²) in [5.74, 6) is -0.773. The number of anilines is 1. The smallest absolute Gasteiger partial charge is 0.282 e. The van der Waals surface area contributed by atoms with Crippen LogP contribution in [0.4, 0.5) is 11.4 Å². The molecule has 0 atom stereocenters. The molecule has 0 aliphatic heterocycles. The molecule has 3 rings (SSSR count). The number of nitro benzene ring substituents is 1. The predicted molar refractivity (Wildman–Crippen MR) is 102 cm³/mol. The van der Waals surface area contributed by atoms with E-state index in [1.807, 2.05) is 0 Å². The third-order valence-corrected chi connectivity index (χ3v) is 3.87. The van der Waals surface area contributed by atoms with Gasteiger partial charge in [-0.25, -0.2) is 0 Å². The summed E-state index contributed by atoms with van der Waals surface area (Å²) in [5.41, 5.74) is 1.06. The van der Waals surface area contributed by atoms with Crippen LogP contribution in [-0.2, 0) is 17.9 Å². The zero-order valence-corrected chi connectivity index (χ0v) is 14.7. The molecule has 0 radical (unpaired) electrons. The third-order valence-electron chi connectivity index (χ3n) is 3.87. The lowest BCUT2D eigenvalue weighted by atomic mass is 10.1. The molecule has 9 nitrogen and oxygen atoms in total. The topological polar surface area (TPSA) is 119 Å². The maximum atomic E-state index is 12.3. The van der Waals surface area contributed by atoms with Crippen molar-refractivity contribution in [2.75, 3.05) is 5.32 Å². The first-order valence-electron chi connectivity index (χ1n) is 8.41. The Labute approximate surface area is 160 Å². The standard InChI is InChI=1S/C19H17N5O4/c25-18(13-23-10-4-9-21-23)22-15-6-3-5-14(11-15)12-20-19(26)16-7-1-2-8-17(16)24(27)28/h1-11H,12-13H2,(H,20,26)(H,22,25). The van der Waals surface area contributed by atoms with Crippen LogP contribution in [0.5, 0.6) is 0 Å². The molecular formula is C19H17N5O4. The van der Waals surface area contributed by atoms with Crippen LogP contribution in [-0.4, -0.2) is 26.5 Å². The summed E-state index contributed by atoms with van der Waals surface area (Å²) in [6.07, 6.45) is 3.28. The average Bonchev–Trinajstić information content (AvgIpc) is 3.19. The molecule has 0 fully saturated rings. The number of hydrogen-bond acceptors (Lipinski definition) is 5. The Balaban J connectivity index is 1.61. The van der Waals surface area contributed by atoms with Crippen molar-refractivity contribution in [1.29, 1.82) is 0 Å². The van der Waals surface area contributed by atoms with Gasteiger partial charge in [0, 0.05) is 30.7 Å². The Bertz CT molecular complexity index is 1000. The number of amides is 2. The van der Waals surface area contributed by atoms with E-state index in [-0.39, 0.29) is 30.2 Å². The third kappa shape index (κ3) is 4.79. The largest absolute Gasteiger partial charge is 0.348 e. The van der Waals surface area contributed by atoms with Crippen LogP contribution in [0.3, 0.4) is 0 Å². The number of rotatable bonds is 7. The van der Waals surface area contributed by atoms with Gasteiger partial charge in [0.05, 0.1) is 4.92 Å². The number of nitrogens with zero attached hydrogens (tertiary/aromatic N) is 3. The summed E-state index contributed by atoms with van der Waals surface area (Å²) in [5, 5.41) is 20.4. The van der Waals surface area contributed by atoms with Gasteiger partial charge in [0.2, 0.25) is 5.91 Å². The molecule has 1 aromatic heterocycles. The van der Waals surface area contributed by atoms with Crippen LogP contribution in [0.25, 0.3) is 0 Å². The first kappa shape index (κ1) is 18.8. The Morgan fingerprint density at radius 2 is 1.93 bits per heavy atom. The first-order chi connectivity index (χ1) is 13.5. The maximum absolute atomic E-state index is 12.3. The molecule has 0 spiro atoms. The van der Waals surface area contributed by atoms with Crippen molar-refractivity contribution in [3.8, 4) is 0 Å². The summed E-state index contributed by atoms with van der Waals surface area (Å²) >= 11 is 0. The van der Waals surface area contributed by atoms with Crippen molar-refractivity contribution in [1.82, 2.24) is 15.1 Å². The van der Waals surface area contributed by atoms with E-state index in [2.05, 4.69) is 15.7 Å². The highest BCUT2D eigenvalue weighted by Crippen LogP contribution is 2.18. The van der Waals surface area contributed by atoms with Gasteiger partial charge in [0.15, 0.2) is 0 Å². The number of carbonyl (C=O) groups is 2. The highest BCUT2D eigenvalue weighted by Gasteiger charge is 2.18. The van der Waals surface area contributed by atoms with E-state index in [0.29, 0.717) is 5.69 Å². The quantitative estimate of drug-likeness (QED) is 0.482. The fourth-order valence-corrected chi connectivity index (χ4v) is 2.60. The number of nitro groups is 1. The van der Waals surface area contributed by atoms with Gasteiger partial charge in [0.1, 0.15) is 12.1 Å². The molecule has 1 heterocycles. The fourth-order valence-electron chi connectivity index (χ4n) is 2.60. The SMILES string of the molecule is O=C(Cn1cccn1)Nc1cccc(CNC(=O)c2ccccc2[N+](=O)[O-])c1. The second-order valence-electron chi connectivity index (χ2n) is 5.91. The zero-order valence-electron chi connectivity index (χ0n) is 14.7. The minimum absolute atomic E-state index is 0.00354. The molecule has 2 amide bonds. The van der Waals surface area contributed by atoms with Crippen molar-refractivity contribution >= 4 is 23.2 Å². The van der Waals surface area contributed by atoms with Gasteiger partial charge < -0.3 is 10.6 Å². The Morgan fingerprint density at radius 1 is 1.11 bits per heavy atom. The van der Waals surface area contributed by atoms with Crippen molar-refractivity contribution in [3.05, 3.63) is 88.2 Å². The van der Waals surface area contributed by atoms with E-state index in [1.165, 1.54) is 22.9 Å². The highest BCUT2D eigenvalue weighted by molar-refractivity contribution is 5.98. The molecule has 9 heteroatoms. The van der Waals surface area contributed by atoms with Crippen molar-refractivity contribution in [2.24, 2.45) is 0 Å². The summed E-state index contributed by atoms with van der Waals surface area (Å²) in [4.78, 5) is 34.8. The van der Waals surface area contributed by atoms with Gasteiger partial charge in [-0.1, -0.05) is 24.3 Å². The van der Waals surface area contributed by atoms with Crippen LogP contribution < -0.4 is 10.6 Å². The summed E-state index contributed by atoms with van der Waals surface area (Å²) in [7, 11) is 0. The molecule has 0 aliphatic carbocycles. The van der Waals surface area contributed by atoms with Crippen LogP contribution in [0, 0.1) is 10.1 Å². The van der Waals surface area contributed by atoms with E-state index >= 15 is 0 Å². The van der Waals surface area contributed by atoms with Crippen LogP contribution in [0.1, 0.15) is 15.9 Å². The van der Waals surface area contributed by atoms with E-state index < -0.39 is 10.8 Å². The van der Waals surface area contributed by atoms with E-state index in [4.69, 9.17) is 0 Å². The van der Waals surface area contributed by atoms with Crippen molar-refractivity contribution in [2.45, 2.75) is 13.1 Å². The number of aromatic nitrogens is 2. The second kappa shape index (κ2) is 8.58. The van der Waals surface area contributed by atoms with E-state index in [0.717, 1.165) is 5.56 Å². The summed E-state index contributed by atoms with van der Waals surface area (Å²) in [6, 6.07) is 14.5. The first-order valence-corrected chi connectivity index (χ1v) is 8.41. The van der Waals surface area contributed by atoms with E-state index in [9.17, 15) is 19.7 Å². The van der Waals surface area contributed by atoms with Gasteiger partial charge in [-0.15, -0.1) is 0 Å². The highest BCUT2D eigenvalue weighted by atomic mass is 16.6. The molecule has 0 saturated heterocycles. The zero-order chi connectivity index (χ0) is 19.9. The monoisotopic (exact) mass is 379 g/mol. The predicted octanol–water partition coefficient (Wildman–Crippen LogP) is 2.36. The minimum Gasteiger partial charge on any atom is -0.348 e. The molecular weight excluding hydrogens is 362 g/mol. The number of hydrogen-bond donors (Lipinski definition) is 2. The lowest BCUT2D eigenvalue weighted by Gasteiger charge is -2.09. The fraction of sp³-hybridized carbons (Fsp3) is 0.105. The molecule has 0 aliphatic rings. The molecule has 142 valence electrons. The average molecular weight is 379 g/mol. The molecule has 3 aromatic rings. The van der Waals surface area contributed by atoms with Crippen LogP contribution >= 0.6 is 0 Å². The molecule has 2 aromatic carbocycles. The number of carbonyl (C=O) groups excluding carboxylic acids is 2. The second-order valence-corrected chi connectivity index (χ2v) is 5.91. The Kier molecular flexibility index (Phi) is 5.75. The molecule has 0 saturated carbocycles. The molecule has 0 unspecified atom stereocenters. The number of nitrogens with one attached hydrogen (secondary N) is 2. The lowest BCUT2D eigenvalue weighted by molar-refractivity contribution is -0.385. The maximum Gasteiger partial charge on any atom is 0.282 e. The van der Waals surface area contributed by atoms with Gasteiger partial charge in [-0.2, -0.15) is 5.10 Å². The van der Waals surface area contributed by atoms with Gasteiger partial charge in [0.25, 0.3) is 11.6 Å². The normalized spacial score (nSPS) is 10.3. The minimum atomic E-state index is -0.593. The molecule has 2 N–H and O–H groups in total. The summed E-state index contributed by atoms with van der Waals surface area (Å²) < 4.78 is 1.51. The number of benzene rings is 2. The van der Waals surface area contributed by atoms with Crippen molar-refractivity contribution in [3.63, 3.8) is 0 Å². The van der Waals surface area contributed by atoms with Gasteiger partial charge in [-0.05, 0) is 29.8 Å². The molecule has 0 bridgehead atoms. The summed E-state index contributed by atoms with van der Waals surface area (Å²) in [6.45, 7) is 0.249. The van der Waals surface area contributed by atoms with Crippen LogP contribution in [0.15, 0.2) is 67.0 Å². The van der Waals surface area contributed by atoms with Crippen LogP contribution in [0.2, 0.25) is 0 Å². The Morgan fingerprint density at radius 3 is 2.68 bits per heavy atom. The number of para-hydroxylation sites is 1. The van der Waals surface area contributed by atoms with Crippen molar-refractivity contribution < 1.29 is 14.5 Å². The lowest BCUT2D eigenvalue weighted by Crippen LogP contribution is -2.24. The van der Waals surface area contributed by atoms with E-state index in [1.54, 1.807) is 48.8 Å². The Hall–Kier alpha value is -4.01.